The fraction of sp³-hybridized carbons (Fsp3) is 0.444. The Labute approximate surface area is 133 Å². The van der Waals surface area contributed by atoms with Gasteiger partial charge in [-0.25, -0.2) is 0 Å². The highest BCUT2D eigenvalue weighted by molar-refractivity contribution is 5.91. The number of nitrogens with one attached hydrogen (secondary N) is 2. The van der Waals surface area contributed by atoms with Gasteiger partial charge in [-0.2, -0.15) is 0 Å². The van der Waals surface area contributed by atoms with Crippen molar-refractivity contribution in [2.75, 3.05) is 11.9 Å². The highest BCUT2D eigenvalue weighted by Crippen LogP contribution is 2.18. The minimum absolute atomic E-state index is 0.000229. The second kappa shape index (κ2) is 9.03. The Balaban J connectivity index is 2.41. The second-order valence-electron chi connectivity index (χ2n) is 5.93. The molecule has 120 valence electrons. The maximum atomic E-state index is 12.0. The summed E-state index contributed by atoms with van der Waals surface area (Å²) in [6.45, 7) is 10.2. The topological polar surface area (TPSA) is 58.2 Å². The molecule has 1 aromatic carbocycles. The van der Waals surface area contributed by atoms with Crippen molar-refractivity contribution in [2.45, 2.75) is 39.5 Å². The van der Waals surface area contributed by atoms with Gasteiger partial charge in [0, 0.05) is 25.1 Å². The molecule has 0 aromatic heterocycles. The third kappa shape index (κ3) is 6.57. The van der Waals surface area contributed by atoms with Gasteiger partial charge in [0.2, 0.25) is 11.8 Å². The molecule has 0 aliphatic rings. The van der Waals surface area contributed by atoms with Crippen molar-refractivity contribution in [1.29, 1.82) is 0 Å². The molecule has 0 aliphatic carbocycles. The van der Waals surface area contributed by atoms with Crippen LogP contribution in [-0.4, -0.2) is 18.4 Å². The van der Waals surface area contributed by atoms with Crippen LogP contribution in [0.5, 0.6) is 0 Å². The van der Waals surface area contributed by atoms with Crippen molar-refractivity contribution >= 4 is 17.5 Å². The number of hydrogen-bond acceptors (Lipinski definition) is 2. The van der Waals surface area contributed by atoms with Crippen LogP contribution in [0.3, 0.4) is 0 Å². The van der Waals surface area contributed by atoms with Crippen LogP contribution in [0.4, 0.5) is 5.69 Å². The van der Waals surface area contributed by atoms with Crippen LogP contribution in [0.15, 0.2) is 36.9 Å². The second-order valence-corrected chi connectivity index (χ2v) is 5.93. The van der Waals surface area contributed by atoms with Gasteiger partial charge in [0.1, 0.15) is 0 Å². The van der Waals surface area contributed by atoms with E-state index in [-0.39, 0.29) is 17.7 Å². The average Bonchev–Trinajstić information content (AvgIpc) is 2.45. The fourth-order valence-electron chi connectivity index (χ4n) is 2.13. The number of rotatable bonds is 8. The van der Waals surface area contributed by atoms with Crippen molar-refractivity contribution < 1.29 is 9.59 Å². The third-order valence-electron chi connectivity index (χ3n) is 3.37. The van der Waals surface area contributed by atoms with Crippen LogP contribution in [0.1, 0.15) is 45.1 Å². The first-order chi connectivity index (χ1) is 10.4. The Morgan fingerprint density at radius 2 is 1.68 bits per heavy atom. The highest BCUT2D eigenvalue weighted by Gasteiger charge is 2.13. The van der Waals surface area contributed by atoms with E-state index in [1.807, 2.05) is 31.2 Å². The molecule has 4 heteroatoms. The van der Waals surface area contributed by atoms with E-state index in [4.69, 9.17) is 0 Å². The number of hydrogen-bond donors (Lipinski definition) is 2. The molecule has 1 atom stereocenters. The van der Waals surface area contributed by atoms with Gasteiger partial charge in [-0.05, 0) is 29.5 Å². The molecule has 0 fully saturated rings. The van der Waals surface area contributed by atoms with Crippen LogP contribution in [0.2, 0.25) is 0 Å². The third-order valence-corrected chi connectivity index (χ3v) is 3.37. The summed E-state index contributed by atoms with van der Waals surface area (Å²) in [5.74, 6) is 0.349. The Bertz CT molecular complexity index is 506. The maximum Gasteiger partial charge on any atom is 0.224 e. The Kier molecular flexibility index (Phi) is 7.37. The van der Waals surface area contributed by atoms with Crippen molar-refractivity contribution in [2.24, 2.45) is 5.92 Å². The zero-order valence-electron chi connectivity index (χ0n) is 13.7. The van der Waals surface area contributed by atoms with Gasteiger partial charge in [0.25, 0.3) is 0 Å². The molecule has 0 aliphatic heterocycles. The number of benzene rings is 1. The van der Waals surface area contributed by atoms with Crippen LogP contribution in [0.25, 0.3) is 0 Å². The van der Waals surface area contributed by atoms with Crippen LogP contribution in [0, 0.1) is 5.92 Å². The summed E-state index contributed by atoms with van der Waals surface area (Å²) >= 11 is 0. The fourth-order valence-corrected chi connectivity index (χ4v) is 2.13. The van der Waals surface area contributed by atoms with Crippen LogP contribution >= 0.6 is 0 Å². The highest BCUT2D eigenvalue weighted by atomic mass is 16.2. The summed E-state index contributed by atoms with van der Waals surface area (Å²) in [6, 6.07) is 7.86. The molecule has 2 N–H and O–H groups in total. The molecule has 0 radical (unpaired) electrons. The summed E-state index contributed by atoms with van der Waals surface area (Å²) in [5, 5.41) is 5.58. The lowest BCUT2D eigenvalue weighted by Gasteiger charge is -2.12. The summed E-state index contributed by atoms with van der Waals surface area (Å²) in [4.78, 5) is 23.5. The predicted octanol–water partition coefficient (Wildman–Crippen LogP) is 3.47. The van der Waals surface area contributed by atoms with Gasteiger partial charge in [-0.15, -0.1) is 6.58 Å². The van der Waals surface area contributed by atoms with E-state index >= 15 is 0 Å². The monoisotopic (exact) mass is 302 g/mol. The van der Waals surface area contributed by atoms with E-state index in [0.29, 0.717) is 25.3 Å². The summed E-state index contributed by atoms with van der Waals surface area (Å²) in [5.41, 5.74) is 2.03. The van der Waals surface area contributed by atoms with Crippen molar-refractivity contribution in [3.05, 3.63) is 42.5 Å². The van der Waals surface area contributed by atoms with Crippen LogP contribution < -0.4 is 10.6 Å². The lowest BCUT2D eigenvalue weighted by atomic mass is 10.0. The lowest BCUT2D eigenvalue weighted by Crippen LogP contribution is -2.26. The molecular formula is C18H26N2O2. The summed E-state index contributed by atoms with van der Waals surface area (Å²) in [6.07, 6.45) is 2.30. The Morgan fingerprint density at radius 3 is 2.23 bits per heavy atom. The van der Waals surface area contributed by atoms with Crippen LogP contribution in [-0.2, 0) is 9.59 Å². The zero-order chi connectivity index (χ0) is 16.5. The number of amides is 2. The predicted molar refractivity (Wildman–Crippen MR) is 90.8 cm³/mol. The summed E-state index contributed by atoms with van der Waals surface area (Å²) < 4.78 is 0. The minimum Gasteiger partial charge on any atom is -0.353 e. The maximum absolute atomic E-state index is 12.0. The largest absolute Gasteiger partial charge is 0.353 e. The van der Waals surface area contributed by atoms with Crippen molar-refractivity contribution in [1.82, 2.24) is 5.32 Å². The molecule has 4 nitrogen and oxygen atoms in total. The molecular weight excluding hydrogens is 276 g/mol. The first-order valence-electron chi connectivity index (χ1n) is 7.69. The Morgan fingerprint density at radius 1 is 1.09 bits per heavy atom. The molecule has 1 rings (SSSR count). The SMILES string of the molecule is C=CCNC(=O)C[C@@H](C)CC(=O)Nc1ccc(C(C)C)cc1. The first kappa shape index (κ1) is 18.0. The van der Waals surface area contributed by atoms with Gasteiger partial charge in [0.15, 0.2) is 0 Å². The molecule has 0 bridgehead atoms. The van der Waals surface area contributed by atoms with E-state index in [9.17, 15) is 9.59 Å². The van der Waals surface area contributed by atoms with Gasteiger partial charge in [0.05, 0.1) is 0 Å². The molecule has 0 saturated carbocycles. The van der Waals surface area contributed by atoms with Crippen molar-refractivity contribution in [3.63, 3.8) is 0 Å². The van der Waals surface area contributed by atoms with E-state index in [2.05, 4.69) is 31.1 Å². The summed E-state index contributed by atoms with van der Waals surface area (Å²) in [7, 11) is 0. The first-order valence-corrected chi connectivity index (χ1v) is 7.69. The van der Waals surface area contributed by atoms with Gasteiger partial charge >= 0.3 is 0 Å². The molecule has 1 aromatic rings. The molecule has 0 spiro atoms. The van der Waals surface area contributed by atoms with Gasteiger partial charge < -0.3 is 10.6 Å². The molecule has 2 amide bonds. The number of anilines is 1. The van der Waals surface area contributed by atoms with E-state index in [0.717, 1.165) is 5.69 Å². The van der Waals surface area contributed by atoms with Gasteiger partial charge in [-0.1, -0.05) is 39.0 Å². The molecule has 0 saturated heterocycles. The molecule has 0 unspecified atom stereocenters. The quantitative estimate of drug-likeness (QED) is 0.722. The van der Waals surface area contributed by atoms with Crippen molar-refractivity contribution in [3.8, 4) is 0 Å². The standard InChI is InChI=1S/C18H26N2O2/c1-5-10-19-17(21)11-14(4)12-18(22)20-16-8-6-15(7-9-16)13(2)3/h5-9,13-14H,1,10-12H2,2-4H3,(H,19,21)(H,20,22)/t14-/m1/s1. The Hall–Kier alpha value is -2.10. The van der Waals surface area contributed by atoms with E-state index in [1.54, 1.807) is 6.08 Å². The minimum atomic E-state index is -0.0682. The zero-order valence-corrected chi connectivity index (χ0v) is 13.7. The smallest absolute Gasteiger partial charge is 0.224 e. The van der Waals surface area contributed by atoms with E-state index < -0.39 is 0 Å². The number of carbonyl (C=O) groups excluding carboxylic acids is 2. The van der Waals surface area contributed by atoms with E-state index in [1.165, 1.54) is 5.56 Å². The number of carbonyl (C=O) groups is 2. The average molecular weight is 302 g/mol. The normalized spacial score (nSPS) is 11.8. The molecule has 0 heterocycles. The molecule has 22 heavy (non-hydrogen) atoms. The van der Waals surface area contributed by atoms with Gasteiger partial charge in [-0.3, -0.25) is 9.59 Å². The lowest BCUT2D eigenvalue weighted by molar-refractivity contribution is -0.122.